The quantitative estimate of drug-likeness (QED) is 0.866. The van der Waals surface area contributed by atoms with Gasteiger partial charge < -0.3 is 15.3 Å². The molecular weight excluding hydrogens is 252 g/mol. The smallest absolute Gasteiger partial charge is 0.322 e. The third-order valence-corrected chi connectivity index (χ3v) is 3.45. The van der Waals surface area contributed by atoms with Crippen LogP contribution in [0.2, 0.25) is 0 Å². The van der Waals surface area contributed by atoms with Crippen molar-refractivity contribution in [2.75, 3.05) is 11.9 Å². The van der Waals surface area contributed by atoms with Gasteiger partial charge in [0, 0.05) is 18.3 Å². The Labute approximate surface area is 120 Å². The first-order chi connectivity index (χ1) is 9.47. The van der Waals surface area contributed by atoms with E-state index in [2.05, 4.69) is 19.2 Å². The number of nitrogens with one attached hydrogen (secondary N) is 1. The van der Waals surface area contributed by atoms with E-state index < -0.39 is 6.10 Å². The van der Waals surface area contributed by atoms with Crippen molar-refractivity contribution in [3.05, 3.63) is 29.8 Å². The maximum atomic E-state index is 12.3. The molecule has 4 nitrogen and oxygen atoms in total. The molecule has 1 aliphatic rings. The maximum absolute atomic E-state index is 12.3. The second-order valence-electron chi connectivity index (χ2n) is 6.01. The van der Waals surface area contributed by atoms with Crippen LogP contribution in [0.4, 0.5) is 10.5 Å². The lowest BCUT2D eigenvalue weighted by molar-refractivity contribution is 0.199. The highest BCUT2D eigenvalue weighted by molar-refractivity contribution is 5.89. The zero-order valence-electron chi connectivity index (χ0n) is 12.5. The molecule has 0 aliphatic heterocycles. The van der Waals surface area contributed by atoms with Crippen molar-refractivity contribution in [2.45, 2.75) is 45.8 Å². The van der Waals surface area contributed by atoms with Crippen molar-refractivity contribution in [3.63, 3.8) is 0 Å². The van der Waals surface area contributed by atoms with Gasteiger partial charge in [0.2, 0.25) is 0 Å². The summed E-state index contributed by atoms with van der Waals surface area (Å²) in [6, 6.07) is 7.73. The van der Waals surface area contributed by atoms with E-state index in [4.69, 9.17) is 0 Å². The summed E-state index contributed by atoms with van der Waals surface area (Å²) in [5.41, 5.74) is 1.62. The van der Waals surface area contributed by atoms with Crippen LogP contribution in [0.15, 0.2) is 24.3 Å². The monoisotopic (exact) mass is 276 g/mol. The number of aliphatic hydroxyl groups excluding tert-OH is 1. The van der Waals surface area contributed by atoms with E-state index in [1.165, 1.54) is 0 Å². The van der Waals surface area contributed by atoms with Crippen molar-refractivity contribution in [3.8, 4) is 0 Å². The Hall–Kier alpha value is -1.55. The largest absolute Gasteiger partial charge is 0.389 e. The van der Waals surface area contributed by atoms with Gasteiger partial charge in [-0.25, -0.2) is 4.79 Å². The lowest BCUT2D eigenvalue weighted by atomic mass is 10.1. The summed E-state index contributed by atoms with van der Waals surface area (Å²) in [4.78, 5) is 14.3. The third-order valence-electron chi connectivity index (χ3n) is 3.45. The zero-order chi connectivity index (χ0) is 14.7. The van der Waals surface area contributed by atoms with E-state index in [0.29, 0.717) is 12.0 Å². The minimum absolute atomic E-state index is 0.0222. The van der Waals surface area contributed by atoms with Crippen LogP contribution in [0.5, 0.6) is 0 Å². The first-order valence-electron chi connectivity index (χ1n) is 7.33. The van der Waals surface area contributed by atoms with Gasteiger partial charge in [0.05, 0.1) is 6.10 Å². The average molecular weight is 276 g/mol. The van der Waals surface area contributed by atoms with Gasteiger partial charge >= 0.3 is 6.03 Å². The molecule has 0 spiro atoms. The fourth-order valence-electron chi connectivity index (χ4n) is 2.22. The lowest BCUT2D eigenvalue weighted by Gasteiger charge is -2.24. The Morgan fingerprint density at radius 3 is 2.35 bits per heavy atom. The fourth-order valence-corrected chi connectivity index (χ4v) is 2.22. The molecule has 1 atom stereocenters. The summed E-state index contributed by atoms with van der Waals surface area (Å²) in [6.07, 6.45) is 1.74. The molecule has 2 amide bonds. The van der Waals surface area contributed by atoms with Crippen molar-refractivity contribution in [1.29, 1.82) is 0 Å². The van der Waals surface area contributed by atoms with E-state index in [1.54, 1.807) is 6.92 Å². The van der Waals surface area contributed by atoms with Gasteiger partial charge in [-0.15, -0.1) is 0 Å². The Balaban J connectivity index is 1.98. The second kappa shape index (κ2) is 6.27. The van der Waals surface area contributed by atoms with Crippen LogP contribution < -0.4 is 5.32 Å². The molecule has 1 aromatic carbocycles. The number of hydrogen-bond acceptors (Lipinski definition) is 2. The summed E-state index contributed by atoms with van der Waals surface area (Å²) < 4.78 is 0. The number of amides is 2. The van der Waals surface area contributed by atoms with E-state index in [9.17, 15) is 9.90 Å². The highest BCUT2D eigenvalue weighted by atomic mass is 16.3. The van der Waals surface area contributed by atoms with Gasteiger partial charge in [-0.3, -0.25) is 0 Å². The van der Waals surface area contributed by atoms with Crippen LogP contribution >= 0.6 is 0 Å². The van der Waals surface area contributed by atoms with Gasteiger partial charge in [0.25, 0.3) is 0 Å². The number of benzene rings is 1. The van der Waals surface area contributed by atoms with Crippen molar-refractivity contribution >= 4 is 11.7 Å². The van der Waals surface area contributed by atoms with E-state index in [-0.39, 0.29) is 6.03 Å². The molecule has 0 bridgehead atoms. The van der Waals surface area contributed by atoms with Crippen LogP contribution in [0, 0.1) is 5.92 Å². The minimum atomic E-state index is -0.483. The van der Waals surface area contributed by atoms with Crippen molar-refractivity contribution in [2.24, 2.45) is 5.92 Å². The first-order valence-corrected chi connectivity index (χ1v) is 7.33. The van der Waals surface area contributed by atoms with Crippen LogP contribution in [0.3, 0.4) is 0 Å². The molecule has 20 heavy (non-hydrogen) atoms. The normalized spacial score (nSPS) is 16.1. The minimum Gasteiger partial charge on any atom is -0.389 e. The second-order valence-corrected chi connectivity index (χ2v) is 6.01. The Kier molecular flexibility index (Phi) is 4.65. The molecule has 1 aromatic rings. The molecule has 0 saturated heterocycles. The van der Waals surface area contributed by atoms with E-state index in [0.717, 1.165) is 30.6 Å². The van der Waals surface area contributed by atoms with E-state index >= 15 is 0 Å². The predicted molar refractivity (Wildman–Crippen MR) is 80.7 cm³/mol. The van der Waals surface area contributed by atoms with Gasteiger partial charge in [-0.1, -0.05) is 26.0 Å². The molecule has 1 saturated carbocycles. The molecule has 1 aliphatic carbocycles. The molecule has 110 valence electrons. The molecule has 2 rings (SSSR count). The predicted octanol–water partition coefficient (Wildman–Crippen LogP) is 3.39. The number of anilines is 1. The van der Waals surface area contributed by atoms with Gasteiger partial charge in [-0.05, 0) is 43.4 Å². The molecule has 4 heteroatoms. The number of urea groups is 1. The number of rotatable bonds is 5. The Morgan fingerprint density at radius 2 is 1.90 bits per heavy atom. The third kappa shape index (κ3) is 3.97. The molecular formula is C16H24N2O2. The van der Waals surface area contributed by atoms with Crippen LogP contribution in [-0.2, 0) is 0 Å². The van der Waals surface area contributed by atoms with Crippen LogP contribution in [0.1, 0.15) is 45.3 Å². The Bertz CT molecular complexity index is 450. The van der Waals surface area contributed by atoms with Crippen molar-refractivity contribution < 1.29 is 9.90 Å². The number of nitrogens with zero attached hydrogens (tertiary/aromatic N) is 1. The highest BCUT2D eigenvalue weighted by Gasteiger charge is 2.32. The maximum Gasteiger partial charge on any atom is 0.322 e. The zero-order valence-corrected chi connectivity index (χ0v) is 12.5. The first kappa shape index (κ1) is 14.9. The number of aliphatic hydroxyl groups is 1. The summed E-state index contributed by atoms with van der Waals surface area (Å²) in [5.74, 6) is 0.471. The number of hydrogen-bond donors (Lipinski definition) is 2. The SMILES string of the molecule is CC(C)CN(C(=O)Nc1ccc(C(C)O)cc1)C1CC1. The van der Waals surface area contributed by atoms with Crippen LogP contribution in [-0.4, -0.2) is 28.6 Å². The molecule has 0 radical (unpaired) electrons. The molecule has 1 unspecified atom stereocenters. The summed E-state index contributed by atoms with van der Waals surface area (Å²) in [7, 11) is 0. The lowest BCUT2D eigenvalue weighted by Crippen LogP contribution is -2.39. The molecule has 1 fully saturated rings. The standard InChI is InChI=1S/C16H24N2O2/c1-11(2)10-18(15-8-9-15)16(20)17-14-6-4-13(5-7-14)12(3)19/h4-7,11-12,15,19H,8-10H2,1-3H3,(H,17,20). The van der Waals surface area contributed by atoms with Crippen LogP contribution in [0.25, 0.3) is 0 Å². The van der Waals surface area contributed by atoms with Gasteiger partial charge in [0.1, 0.15) is 0 Å². The highest BCUT2D eigenvalue weighted by Crippen LogP contribution is 2.28. The average Bonchev–Trinajstić information content (AvgIpc) is 3.20. The van der Waals surface area contributed by atoms with Gasteiger partial charge in [0.15, 0.2) is 0 Å². The summed E-state index contributed by atoms with van der Waals surface area (Å²) >= 11 is 0. The molecule has 0 heterocycles. The Morgan fingerprint density at radius 1 is 1.30 bits per heavy atom. The fraction of sp³-hybridized carbons (Fsp3) is 0.562. The van der Waals surface area contributed by atoms with Gasteiger partial charge in [-0.2, -0.15) is 0 Å². The summed E-state index contributed by atoms with van der Waals surface area (Å²) in [5, 5.41) is 12.4. The number of carbonyl (C=O) groups excluding carboxylic acids is 1. The molecule has 0 aromatic heterocycles. The van der Waals surface area contributed by atoms with E-state index in [1.807, 2.05) is 29.2 Å². The summed E-state index contributed by atoms with van der Waals surface area (Å²) in [6.45, 7) is 6.77. The number of carbonyl (C=O) groups is 1. The topological polar surface area (TPSA) is 52.6 Å². The molecule has 2 N–H and O–H groups in total. The van der Waals surface area contributed by atoms with Crippen molar-refractivity contribution in [1.82, 2.24) is 4.90 Å².